The molecule has 0 saturated carbocycles. The van der Waals surface area contributed by atoms with Gasteiger partial charge in [0.05, 0.1) is 0 Å². The zero-order valence-electron chi connectivity index (χ0n) is 22.1. The van der Waals surface area contributed by atoms with Crippen LogP contribution in [0.3, 0.4) is 0 Å². The third kappa shape index (κ3) is 6.59. The Kier molecular flexibility index (Phi) is 7.76. The van der Waals surface area contributed by atoms with Gasteiger partial charge in [-0.05, 0) is 65.6 Å². The fraction of sp³-hybridized carbons (Fsp3) is 0.552. The number of amides is 1. The second-order valence-corrected chi connectivity index (χ2v) is 11.8. The Morgan fingerprint density at radius 1 is 0.912 bits per heavy atom. The number of ether oxygens (including phenoxy) is 1. The molecule has 186 valence electrons. The van der Waals surface area contributed by atoms with E-state index in [2.05, 4.69) is 78.5 Å². The van der Waals surface area contributed by atoms with Crippen molar-refractivity contribution in [1.82, 2.24) is 9.80 Å². The summed E-state index contributed by atoms with van der Waals surface area (Å²) in [5.41, 5.74) is 3.48. The number of carbonyl (C=O) groups is 1. The number of hydrogen-bond acceptors (Lipinski definition) is 3. The number of halogens is 1. The number of carbonyl (C=O) groups excluding carboxylic acids is 1. The zero-order valence-corrected chi connectivity index (χ0v) is 22.1. The molecule has 0 N–H and O–H groups in total. The average molecular weight is 469 g/mol. The van der Waals surface area contributed by atoms with Crippen molar-refractivity contribution in [2.75, 3.05) is 19.7 Å². The van der Waals surface area contributed by atoms with Crippen LogP contribution in [0.2, 0.25) is 0 Å². The molecule has 1 saturated heterocycles. The van der Waals surface area contributed by atoms with E-state index in [9.17, 15) is 9.18 Å². The van der Waals surface area contributed by atoms with Gasteiger partial charge in [0.25, 0.3) is 5.91 Å². The Morgan fingerprint density at radius 2 is 1.47 bits per heavy atom. The second-order valence-electron chi connectivity index (χ2n) is 11.8. The first-order chi connectivity index (χ1) is 15.7. The van der Waals surface area contributed by atoms with Gasteiger partial charge >= 0.3 is 0 Å². The summed E-state index contributed by atoms with van der Waals surface area (Å²) in [6.45, 7) is 19.6. The number of nitrogens with zero attached hydrogens (tertiary/aromatic N) is 2. The number of rotatable bonds is 5. The molecule has 0 aromatic heterocycles. The van der Waals surface area contributed by atoms with E-state index in [1.54, 1.807) is 0 Å². The fourth-order valence-corrected chi connectivity index (χ4v) is 4.37. The molecule has 4 nitrogen and oxygen atoms in total. The lowest BCUT2D eigenvalue weighted by Gasteiger charge is -2.44. The summed E-state index contributed by atoms with van der Waals surface area (Å²) in [7, 11) is 0. The van der Waals surface area contributed by atoms with Crippen LogP contribution in [0.1, 0.15) is 72.1 Å². The molecule has 5 heteroatoms. The van der Waals surface area contributed by atoms with Crippen molar-refractivity contribution in [3.05, 3.63) is 65.0 Å². The largest absolute Gasteiger partial charge is 0.484 e. The predicted molar refractivity (Wildman–Crippen MR) is 137 cm³/mol. The fourth-order valence-electron chi connectivity index (χ4n) is 4.37. The Hall–Kier alpha value is -2.40. The van der Waals surface area contributed by atoms with Crippen LogP contribution in [0.25, 0.3) is 0 Å². The van der Waals surface area contributed by atoms with Crippen molar-refractivity contribution in [1.29, 1.82) is 0 Å². The van der Waals surface area contributed by atoms with Gasteiger partial charge in [-0.15, -0.1) is 0 Å². The summed E-state index contributed by atoms with van der Waals surface area (Å²) in [6.07, 6.45) is 0. The minimum atomic E-state index is -0.219. The van der Waals surface area contributed by atoms with Crippen molar-refractivity contribution in [3.63, 3.8) is 0 Å². The first-order valence-corrected chi connectivity index (χ1v) is 12.3. The maximum Gasteiger partial charge on any atom is 0.260 e. The van der Waals surface area contributed by atoms with Crippen LogP contribution in [0.15, 0.2) is 42.5 Å². The summed E-state index contributed by atoms with van der Waals surface area (Å²) in [5, 5.41) is 0. The first-order valence-electron chi connectivity index (χ1n) is 12.3. The quantitative estimate of drug-likeness (QED) is 0.546. The maximum absolute atomic E-state index is 13.2. The predicted octanol–water partition coefficient (Wildman–Crippen LogP) is 5.92. The van der Waals surface area contributed by atoms with Gasteiger partial charge < -0.3 is 9.64 Å². The van der Waals surface area contributed by atoms with Crippen molar-refractivity contribution in [2.45, 2.75) is 84.8 Å². The number of benzene rings is 2. The highest BCUT2D eigenvalue weighted by atomic mass is 19.1. The van der Waals surface area contributed by atoms with Crippen molar-refractivity contribution in [2.24, 2.45) is 0 Å². The van der Waals surface area contributed by atoms with Gasteiger partial charge in [-0.1, -0.05) is 59.7 Å². The standard InChI is InChI=1S/C29H41FN2O2/c1-20-17-32(21(2)16-31(20)18-22-9-11-25(30)12-10-22)27(33)19-34-26-14-23(28(3,4)5)13-24(15-26)29(6,7)8/h9-15,20-21H,16-19H2,1-8H3. The molecule has 3 rings (SSSR count). The van der Waals surface area contributed by atoms with Gasteiger partial charge in [-0.2, -0.15) is 0 Å². The van der Waals surface area contributed by atoms with Gasteiger partial charge in [0.15, 0.2) is 6.61 Å². The van der Waals surface area contributed by atoms with E-state index in [1.807, 2.05) is 17.0 Å². The average Bonchev–Trinajstić information content (AvgIpc) is 2.74. The molecule has 1 aliphatic heterocycles. The Labute approximate surface area is 205 Å². The third-order valence-corrected chi connectivity index (χ3v) is 6.74. The van der Waals surface area contributed by atoms with E-state index in [1.165, 1.54) is 23.3 Å². The van der Waals surface area contributed by atoms with Gasteiger partial charge in [-0.3, -0.25) is 9.69 Å². The van der Waals surface area contributed by atoms with Crippen LogP contribution in [0.5, 0.6) is 5.75 Å². The van der Waals surface area contributed by atoms with Crippen molar-refractivity contribution >= 4 is 5.91 Å². The van der Waals surface area contributed by atoms with Crippen LogP contribution in [-0.4, -0.2) is 47.5 Å². The lowest BCUT2D eigenvalue weighted by atomic mass is 9.80. The van der Waals surface area contributed by atoms with Crippen LogP contribution in [0.4, 0.5) is 4.39 Å². The molecule has 2 atom stereocenters. The molecular weight excluding hydrogens is 427 g/mol. The Morgan fingerprint density at radius 3 is 2.00 bits per heavy atom. The highest BCUT2D eigenvalue weighted by Crippen LogP contribution is 2.33. The topological polar surface area (TPSA) is 32.8 Å². The zero-order chi connectivity index (χ0) is 25.3. The van der Waals surface area contributed by atoms with E-state index < -0.39 is 0 Å². The first kappa shape index (κ1) is 26.2. The van der Waals surface area contributed by atoms with Crippen molar-refractivity contribution < 1.29 is 13.9 Å². The summed E-state index contributed by atoms with van der Waals surface area (Å²) in [5.74, 6) is 0.545. The summed E-state index contributed by atoms with van der Waals surface area (Å²) >= 11 is 0. The molecular formula is C29H41FN2O2. The molecule has 0 spiro atoms. The number of piperazine rings is 1. The molecule has 0 bridgehead atoms. The maximum atomic E-state index is 13.2. The molecule has 1 fully saturated rings. The molecule has 1 amide bonds. The molecule has 1 heterocycles. The minimum absolute atomic E-state index is 0.00578. The smallest absolute Gasteiger partial charge is 0.260 e. The van der Waals surface area contributed by atoms with Crippen LogP contribution < -0.4 is 4.74 Å². The molecule has 2 unspecified atom stereocenters. The van der Waals surface area contributed by atoms with Crippen LogP contribution in [0, 0.1) is 5.82 Å². The Bertz CT molecular complexity index is 956. The van der Waals surface area contributed by atoms with Crippen LogP contribution in [-0.2, 0) is 22.2 Å². The number of hydrogen-bond donors (Lipinski definition) is 0. The van der Waals surface area contributed by atoms with Crippen LogP contribution >= 0.6 is 0 Å². The normalized spacial score (nSPS) is 19.9. The van der Waals surface area contributed by atoms with Gasteiger partial charge in [0.1, 0.15) is 11.6 Å². The third-order valence-electron chi connectivity index (χ3n) is 6.74. The minimum Gasteiger partial charge on any atom is -0.484 e. The van der Waals surface area contributed by atoms with Gasteiger partial charge in [-0.25, -0.2) is 4.39 Å². The van der Waals surface area contributed by atoms with Gasteiger partial charge in [0, 0.05) is 31.7 Å². The van der Waals surface area contributed by atoms with Gasteiger partial charge in [0.2, 0.25) is 0 Å². The highest BCUT2D eigenvalue weighted by molar-refractivity contribution is 5.78. The van der Waals surface area contributed by atoms with E-state index in [0.29, 0.717) is 6.54 Å². The highest BCUT2D eigenvalue weighted by Gasteiger charge is 2.32. The lowest BCUT2D eigenvalue weighted by Crippen LogP contribution is -2.58. The van der Waals surface area contributed by atoms with E-state index in [4.69, 9.17) is 4.74 Å². The molecule has 2 aromatic rings. The van der Waals surface area contributed by atoms with E-state index in [0.717, 1.165) is 24.4 Å². The molecule has 2 aromatic carbocycles. The van der Waals surface area contributed by atoms with Crippen molar-refractivity contribution in [3.8, 4) is 5.75 Å². The molecule has 34 heavy (non-hydrogen) atoms. The molecule has 0 radical (unpaired) electrons. The monoisotopic (exact) mass is 468 g/mol. The Balaban J connectivity index is 1.65. The lowest BCUT2D eigenvalue weighted by molar-refractivity contribution is -0.139. The second kappa shape index (κ2) is 10.1. The summed E-state index contributed by atoms with van der Waals surface area (Å²) in [4.78, 5) is 17.4. The van der Waals surface area contributed by atoms with E-state index >= 15 is 0 Å². The summed E-state index contributed by atoms with van der Waals surface area (Å²) < 4.78 is 19.3. The SMILES string of the molecule is CC1CN(C(=O)COc2cc(C(C)(C)C)cc(C(C)(C)C)c2)C(C)CN1Cc1ccc(F)cc1. The molecule has 1 aliphatic rings. The van der Waals surface area contributed by atoms with E-state index in [-0.39, 0.29) is 41.2 Å². The summed E-state index contributed by atoms with van der Waals surface area (Å²) in [6, 6.07) is 13.3. The molecule has 0 aliphatic carbocycles.